The Morgan fingerprint density at radius 2 is 1.11 bits per heavy atom. The zero-order chi connectivity index (χ0) is 33.2. The number of carbonyl (C=O) groups excluding carboxylic acids is 1. The molecular formula is C40H32Cl2N2O3. The largest absolute Gasteiger partial charge is 0.465 e. The quantitative estimate of drug-likeness (QED) is 0.190. The maximum absolute atomic E-state index is 12.0. The van der Waals surface area contributed by atoms with Crippen molar-refractivity contribution in [3.05, 3.63) is 166 Å². The first-order chi connectivity index (χ1) is 22.9. The maximum Gasteiger partial charge on any atom is 0.338 e. The Balaban J connectivity index is 0.000000154. The van der Waals surface area contributed by atoms with Gasteiger partial charge in [0, 0.05) is 31.9 Å². The summed E-state index contributed by atoms with van der Waals surface area (Å²) >= 11 is 12.0. The number of ether oxygens (including phenoxy) is 1. The van der Waals surface area contributed by atoms with Crippen LogP contribution in [-0.2, 0) is 11.3 Å². The number of benzene rings is 5. The van der Waals surface area contributed by atoms with Gasteiger partial charge in [-0.1, -0.05) is 132 Å². The molecule has 0 saturated carbocycles. The van der Waals surface area contributed by atoms with Crippen LogP contribution in [0.15, 0.2) is 140 Å². The Bertz CT molecular complexity index is 2110. The van der Waals surface area contributed by atoms with Gasteiger partial charge in [0.1, 0.15) is 0 Å². The number of halogens is 2. The minimum Gasteiger partial charge on any atom is -0.465 e. The van der Waals surface area contributed by atoms with E-state index in [1.807, 2.05) is 103 Å². The van der Waals surface area contributed by atoms with Gasteiger partial charge in [0.25, 0.3) is 0 Å². The van der Waals surface area contributed by atoms with Crippen molar-refractivity contribution in [3.8, 4) is 22.5 Å². The van der Waals surface area contributed by atoms with Gasteiger partial charge in [0.05, 0.1) is 41.7 Å². The van der Waals surface area contributed by atoms with Crippen molar-refractivity contribution in [1.82, 2.24) is 9.97 Å². The van der Waals surface area contributed by atoms with Crippen molar-refractivity contribution in [2.45, 2.75) is 13.5 Å². The number of aliphatic hydroxyl groups is 1. The van der Waals surface area contributed by atoms with Gasteiger partial charge in [-0.2, -0.15) is 0 Å². The molecule has 7 heteroatoms. The number of carbonyl (C=O) groups is 1. The molecule has 0 spiro atoms. The predicted octanol–water partition coefficient (Wildman–Crippen LogP) is 10.4. The number of aryl methyl sites for hydroxylation is 1. The van der Waals surface area contributed by atoms with Gasteiger partial charge in [0.2, 0.25) is 0 Å². The monoisotopic (exact) mass is 658 g/mol. The molecule has 0 saturated heterocycles. The van der Waals surface area contributed by atoms with Crippen LogP contribution < -0.4 is 0 Å². The number of rotatable bonds is 4. The maximum atomic E-state index is 12.0. The summed E-state index contributed by atoms with van der Waals surface area (Å²) in [5.41, 5.74) is 7.66. The Morgan fingerprint density at radius 1 is 0.638 bits per heavy atom. The van der Waals surface area contributed by atoms with Crippen LogP contribution >= 0.6 is 23.2 Å². The van der Waals surface area contributed by atoms with Gasteiger partial charge in [-0.15, -0.1) is 0 Å². The minimum absolute atomic E-state index is 0.0134. The first-order valence-electron chi connectivity index (χ1n) is 14.9. The van der Waals surface area contributed by atoms with E-state index in [-0.39, 0.29) is 12.6 Å². The third kappa shape index (κ3) is 8.60. The van der Waals surface area contributed by atoms with Crippen LogP contribution in [0.1, 0.15) is 21.5 Å². The molecule has 2 aromatic heterocycles. The van der Waals surface area contributed by atoms with E-state index >= 15 is 0 Å². The number of methoxy groups -OCH3 is 1. The molecule has 0 aliphatic carbocycles. The normalized spacial score (nSPS) is 10.4. The number of esters is 1. The lowest BCUT2D eigenvalue weighted by Crippen LogP contribution is -2.03. The van der Waals surface area contributed by atoms with Crippen LogP contribution in [0.5, 0.6) is 0 Å². The number of fused-ring (bicyclic) bond motifs is 2. The van der Waals surface area contributed by atoms with Gasteiger partial charge < -0.3 is 9.84 Å². The number of pyridine rings is 2. The smallest absolute Gasteiger partial charge is 0.338 e. The van der Waals surface area contributed by atoms with E-state index in [2.05, 4.69) is 29.0 Å². The second kappa shape index (κ2) is 16.0. The fraction of sp³-hybridized carbons (Fsp3) is 0.0750. The summed E-state index contributed by atoms with van der Waals surface area (Å²) in [4.78, 5) is 21.2. The van der Waals surface area contributed by atoms with Crippen molar-refractivity contribution in [2.75, 3.05) is 7.11 Å². The standard InChI is InChI=1S/C17H12ClNO2.C16H12ClNO.C7H8/c1-21-17(20)14-10-15(11-5-3-2-4-6-11)19-16-9-12(18)7-8-13(14)16;17-13-6-7-14-12(10-19)8-15(18-16(14)9-13)11-4-2-1-3-5-11;1-7-5-3-2-4-6-7/h2-10H,1H3;1-9,19H,10H2;2-6H,1H3. The number of hydrogen-bond acceptors (Lipinski definition) is 5. The van der Waals surface area contributed by atoms with E-state index in [9.17, 15) is 9.90 Å². The summed E-state index contributed by atoms with van der Waals surface area (Å²) in [7, 11) is 1.37. The van der Waals surface area contributed by atoms with Crippen molar-refractivity contribution >= 4 is 51.0 Å². The zero-order valence-corrected chi connectivity index (χ0v) is 27.4. The molecule has 0 bridgehead atoms. The van der Waals surface area contributed by atoms with Crippen LogP contribution in [0.25, 0.3) is 44.3 Å². The molecule has 5 aromatic carbocycles. The summed E-state index contributed by atoms with van der Waals surface area (Å²) < 4.78 is 4.87. The second-order valence-corrected chi connectivity index (χ2v) is 11.5. The number of aromatic nitrogens is 2. The highest BCUT2D eigenvalue weighted by Crippen LogP contribution is 2.28. The molecule has 0 atom stereocenters. The topological polar surface area (TPSA) is 72.3 Å². The van der Waals surface area contributed by atoms with E-state index in [4.69, 9.17) is 27.9 Å². The summed E-state index contributed by atoms with van der Waals surface area (Å²) in [6, 6.07) is 44.3. The van der Waals surface area contributed by atoms with Gasteiger partial charge in [-0.05, 0) is 48.9 Å². The Morgan fingerprint density at radius 3 is 1.57 bits per heavy atom. The lowest BCUT2D eigenvalue weighted by atomic mass is 10.0. The summed E-state index contributed by atoms with van der Waals surface area (Å²) in [5.74, 6) is -0.387. The van der Waals surface area contributed by atoms with Crippen LogP contribution in [0.3, 0.4) is 0 Å². The third-order valence-corrected chi connectivity index (χ3v) is 7.75. The Labute approximate surface area is 284 Å². The molecule has 5 nitrogen and oxygen atoms in total. The molecule has 0 amide bonds. The van der Waals surface area contributed by atoms with Gasteiger partial charge in [-0.25, -0.2) is 14.8 Å². The van der Waals surface area contributed by atoms with Crippen molar-refractivity contribution in [2.24, 2.45) is 0 Å². The zero-order valence-electron chi connectivity index (χ0n) is 25.9. The summed E-state index contributed by atoms with van der Waals surface area (Å²) in [5, 5.41) is 12.4. The van der Waals surface area contributed by atoms with Gasteiger partial charge in [0.15, 0.2) is 0 Å². The fourth-order valence-electron chi connectivity index (χ4n) is 4.93. The minimum atomic E-state index is -0.387. The highest BCUT2D eigenvalue weighted by atomic mass is 35.5. The number of aliphatic hydroxyl groups excluding tert-OH is 1. The third-order valence-electron chi connectivity index (χ3n) is 7.28. The molecule has 0 aliphatic rings. The first kappa shape index (κ1) is 33.3. The number of nitrogens with zero attached hydrogens (tertiary/aromatic N) is 2. The molecule has 0 aliphatic heterocycles. The molecule has 7 aromatic rings. The molecule has 1 N–H and O–H groups in total. The molecule has 0 radical (unpaired) electrons. The molecule has 2 heterocycles. The second-order valence-electron chi connectivity index (χ2n) is 10.6. The molecule has 234 valence electrons. The average Bonchev–Trinajstić information content (AvgIpc) is 3.11. The van der Waals surface area contributed by atoms with E-state index < -0.39 is 0 Å². The fourth-order valence-corrected chi connectivity index (χ4v) is 5.27. The molecule has 0 fully saturated rings. The van der Waals surface area contributed by atoms with Crippen LogP contribution in [0.4, 0.5) is 0 Å². The predicted molar refractivity (Wildman–Crippen MR) is 193 cm³/mol. The summed E-state index contributed by atoms with van der Waals surface area (Å²) in [6.07, 6.45) is 0. The van der Waals surface area contributed by atoms with Crippen LogP contribution in [0, 0.1) is 6.92 Å². The lowest BCUT2D eigenvalue weighted by Gasteiger charge is -2.09. The first-order valence-corrected chi connectivity index (χ1v) is 15.6. The van der Waals surface area contributed by atoms with E-state index in [1.165, 1.54) is 12.7 Å². The van der Waals surface area contributed by atoms with Crippen molar-refractivity contribution in [3.63, 3.8) is 0 Å². The van der Waals surface area contributed by atoms with Crippen molar-refractivity contribution < 1.29 is 14.6 Å². The molecule has 0 unspecified atom stereocenters. The van der Waals surface area contributed by atoms with Gasteiger partial charge in [-0.3, -0.25) is 0 Å². The van der Waals surface area contributed by atoms with Crippen LogP contribution in [-0.4, -0.2) is 28.2 Å². The molecule has 47 heavy (non-hydrogen) atoms. The van der Waals surface area contributed by atoms with Crippen LogP contribution in [0.2, 0.25) is 10.0 Å². The highest BCUT2D eigenvalue weighted by Gasteiger charge is 2.14. The van der Waals surface area contributed by atoms with Gasteiger partial charge >= 0.3 is 5.97 Å². The molecular weight excluding hydrogens is 627 g/mol. The Kier molecular flexibility index (Phi) is 11.3. The van der Waals surface area contributed by atoms with E-state index in [1.54, 1.807) is 24.3 Å². The van der Waals surface area contributed by atoms with E-state index in [0.29, 0.717) is 26.8 Å². The SMILES string of the molecule is COC(=O)c1cc(-c2ccccc2)nc2cc(Cl)ccc12.Cc1ccccc1.OCc1cc(-c2ccccc2)nc2cc(Cl)ccc12. The number of hydrogen-bond donors (Lipinski definition) is 1. The average molecular weight is 660 g/mol. The lowest BCUT2D eigenvalue weighted by molar-refractivity contribution is 0.0603. The highest BCUT2D eigenvalue weighted by molar-refractivity contribution is 6.31. The Hall–Kier alpha value is -5.07. The molecule has 7 rings (SSSR count). The summed E-state index contributed by atoms with van der Waals surface area (Å²) in [6.45, 7) is 2.07. The van der Waals surface area contributed by atoms with E-state index in [0.717, 1.165) is 38.7 Å². The van der Waals surface area contributed by atoms with Crippen molar-refractivity contribution in [1.29, 1.82) is 0 Å².